The molecule has 0 radical (unpaired) electrons. The molecule has 6 nitrogen and oxygen atoms in total. The molecule has 1 aromatic rings. The van der Waals surface area contributed by atoms with Gasteiger partial charge in [0.05, 0.1) is 12.6 Å². The minimum atomic E-state index is -0.327. The molecule has 27 heavy (non-hydrogen) atoms. The fraction of sp³-hybridized carbons (Fsp3) is 0.600. The van der Waals surface area contributed by atoms with Crippen LogP contribution in [0.15, 0.2) is 35.3 Å². The minimum Gasteiger partial charge on any atom is -0.450 e. The number of guanidine groups is 1. The van der Waals surface area contributed by atoms with Crippen molar-refractivity contribution in [1.29, 1.82) is 0 Å². The summed E-state index contributed by atoms with van der Waals surface area (Å²) in [5, 5.41) is 6.45. The van der Waals surface area contributed by atoms with Crippen molar-refractivity contribution in [2.24, 2.45) is 10.9 Å². The van der Waals surface area contributed by atoms with Crippen LogP contribution in [-0.2, 0) is 4.74 Å². The summed E-state index contributed by atoms with van der Waals surface area (Å²) in [6.45, 7) is 4.87. The standard InChI is InChI=1S/C20H30N4O2.HI/c1-3-26-20(25)23-18(16-9-10-16)13-22-19(21-2)24-12-11-17(14-24)15-7-5-4-6-8-15;/h4-8,16-18H,3,9-14H2,1-2H3,(H,21,22)(H,23,25);1H. The molecule has 1 aliphatic carbocycles. The highest BCUT2D eigenvalue weighted by Gasteiger charge is 2.33. The van der Waals surface area contributed by atoms with Crippen molar-refractivity contribution < 1.29 is 9.53 Å². The summed E-state index contributed by atoms with van der Waals surface area (Å²) in [5.74, 6) is 2.01. The van der Waals surface area contributed by atoms with Gasteiger partial charge in [-0.25, -0.2) is 4.79 Å². The molecule has 1 amide bonds. The fourth-order valence-corrected chi connectivity index (χ4v) is 3.64. The maximum Gasteiger partial charge on any atom is 0.407 e. The van der Waals surface area contributed by atoms with Crippen molar-refractivity contribution in [2.75, 3.05) is 33.3 Å². The molecule has 0 bridgehead atoms. The molecule has 3 rings (SSSR count). The Balaban J connectivity index is 0.00000261. The van der Waals surface area contributed by atoms with Gasteiger partial charge in [-0.1, -0.05) is 30.3 Å². The molecule has 1 heterocycles. The quantitative estimate of drug-likeness (QED) is 0.368. The predicted molar refractivity (Wildman–Crippen MR) is 119 cm³/mol. The minimum absolute atomic E-state index is 0. The van der Waals surface area contributed by atoms with E-state index in [1.807, 2.05) is 14.0 Å². The summed E-state index contributed by atoms with van der Waals surface area (Å²) in [7, 11) is 1.82. The molecule has 2 aliphatic rings. The Morgan fingerprint density at radius 2 is 2.04 bits per heavy atom. The molecule has 7 heteroatoms. The van der Waals surface area contributed by atoms with E-state index in [4.69, 9.17) is 4.74 Å². The summed E-state index contributed by atoms with van der Waals surface area (Å²) < 4.78 is 5.03. The van der Waals surface area contributed by atoms with Gasteiger partial charge in [0.15, 0.2) is 5.96 Å². The number of amides is 1. The van der Waals surface area contributed by atoms with Gasteiger partial charge in [-0.15, -0.1) is 24.0 Å². The lowest BCUT2D eigenvalue weighted by molar-refractivity contribution is 0.146. The molecule has 1 saturated carbocycles. The van der Waals surface area contributed by atoms with Gasteiger partial charge in [0, 0.05) is 32.6 Å². The first-order valence-corrected chi connectivity index (χ1v) is 9.65. The molecule has 2 unspecified atom stereocenters. The number of aliphatic imine (C=N–C) groups is 1. The summed E-state index contributed by atoms with van der Waals surface area (Å²) in [6, 6.07) is 10.8. The van der Waals surface area contributed by atoms with Gasteiger partial charge >= 0.3 is 6.09 Å². The molecular weight excluding hydrogens is 455 g/mol. The number of halogens is 1. The molecule has 1 saturated heterocycles. The number of hydrogen-bond acceptors (Lipinski definition) is 3. The molecule has 2 fully saturated rings. The number of nitrogens with one attached hydrogen (secondary N) is 2. The zero-order valence-corrected chi connectivity index (χ0v) is 18.5. The number of nitrogens with zero attached hydrogens (tertiary/aromatic N) is 2. The number of ether oxygens (including phenoxy) is 1. The number of carbonyl (C=O) groups excluding carboxylic acids is 1. The van der Waals surface area contributed by atoms with Crippen LogP contribution < -0.4 is 10.6 Å². The normalized spacial score (nSPS) is 20.6. The van der Waals surface area contributed by atoms with Crippen LogP contribution in [0.3, 0.4) is 0 Å². The molecule has 1 aliphatic heterocycles. The predicted octanol–water partition coefficient (Wildman–Crippen LogP) is 3.19. The van der Waals surface area contributed by atoms with Crippen molar-refractivity contribution in [2.45, 2.75) is 38.1 Å². The van der Waals surface area contributed by atoms with Gasteiger partial charge in [0.2, 0.25) is 0 Å². The Bertz CT molecular complexity index is 622. The topological polar surface area (TPSA) is 66.0 Å². The van der Waals surface area contributed by atoms with Gasteiger partial charge in [-0.05, 0) is 37.7 Å². The third-order valence-corrected chi connectivity index (χ3v) is 5.22. The number of carbonyl (C=O) groups is 1. The Hall–Kier alpha value is -1.51. The van der Waals surface area contributed by atoms with Crippen LogP contribution in [-0.4, -0.2) is 56.3 Å². The number of hydrogen-bond donors (Lipinski definition) is 2. The number of benzene rings is 1. The highest BCUT2D eigenvalue weighted by atomic mass is 127. The van der Waals surface area contributed by atoms with Gasteiger partial charge in [-0.2, -0.15) is 0 Å². The molecule has 2 atom stereocenters. The van der Waals surface area contributed by atoms with E-state index in [0.717, 1.165) is 38.3 Å². The van der Waals surface area contributed by atoms with E-state index in [1.165, 1.54) is 5.56 Å². The van der Waals surface area contributed by atoms with Crippen LogP contribution >= 0.6 is 24.0 Å². The monoisotopic (exact) mass is 486 g/mol. The lowest BCUT2D eigenvalue weighted by Crippen LogP contribution is -2.49. The summed E-state index contributed by atoms with van der Waals surface area (Å²) >= 11 is 0. The summed E-state index contributed by atoms with van der Waals surface area (Å²) in [4.78, 5) is 18.5. The van der Waals surface area contributed by atoms with E-state index in [2.05, 4.69) is 50.9 Å². The lowest BCUT2D eigenvalue weighted by atomic mass is 9.99. The van der Waals surface area contributed by atoms with Gasteiger partial charge in [0.25, 0.3) is 0 Å². The number of likely N-dealkylation sites (tertiary alicyclic amines) is 1. The number of rotatable bonds is 6. The zero-order valence-electron chi connectivity index (χ0n) is 16.2. The van der Waals surface area contributed by atoms with Gasteiger partial charge in [0.1, 0.15) is 0 Å². The van der Waals surface area contributed by atoms with Crippen LogP contribution in [0.2, 0.25) is 0 Å². The first kappa shape index (κ1) is 21.8. The molecule has 2 N–H and O–H groups in total. The molecular formula is C20H31IN4O2. The highest BCUT2D eigenvalue weighted by Crippen LogP contribution is 2.32. The van der Waals surface area contributed by atoms with Gasteiger partial charge < -0.3 is 20.3 Å². The zero-order chi connectivity index (χ0) is 18.4. The van der Waals surface area contributed by atoms with Crippen LogP contribution in [0.4, 0.5) is 4.79 Å². The van der Waals surface area contributed by atoms with E-state index in [1.54, 1.807) is 0 Å². The first-order valence-electron chi connectivity index (χ1n) is 9.65. The van der Waals surface area contributed by atoms with E-state index in [9.17, 15) is 4.79 Å². The fourth-order valence-electron chi connectivity index (χ4n) is 3.64. The average molecular weight is 486 g/mol. The summed E-state index contributed by atoms with van der Waals surface area (Å²) in [6.07, 6.45) is 3.14. The van der Waals surface area contributed by atoms with Crippen LogP contribution in [0.1, 0.15) is 37.7 Å². The highest BCUT2D eigenvalue weighted by molar-refractivity contribution is 14.0. The average Bonchev–Trinajstić information content (AvgIpc) is 3.39. The third kappa shape index (κ3) is 6.26. The molecule has 150 valence electrons. The Morgan fingerprint density at radius 1 is 1.30 bits per heavy atom. The van der Waals surface area contributed by atoms with Crippen molar-refractivity contribution in [3.8, 4) is 0 Å². The van der Waals surface area contributed by atoms with E-state index >= 15 is 0 Å². The van der Waals surface area contributed by atoms with Crippen LogP contribution in [0.5, 0.6) is 0 Å². The van der Waals surface area contributed by atoms with Gasteiger partial charge in [-0.3, -0.25) is 4.99 Å². The second-order valence-corrected chi connectivity index (χ2v) is 7.08. The van der Waals surface area contributed by atoms with Crippen molar-refractivity contribution in [3.05, 3.63) is 35.9 Å². The van der Waals surface area contributed by atoms with E-state index < -0.39 is 0 Å². The van der Waals surface area contributed by atoms with E-state index in [-0.39, 0.29) is 36.1 Å². The lowest BCUT2D eigenvalue weighted by Gasteiger charge is -2.25. The van der Waals surface area contributed by atoms with E-state index in [0.29, 0.717) is 25.0 Å². The smallest absolute Gasteiger partial charge is 0.407 e. The van der Waals surface area contributed by atoms with Crippen LogP contribution in [0.25, 0.3) is 0 Å². The molecule has 0 spiro atoms. The third-order valence-electron chi connectivity index (χ3n) is 5.22. The number of alkyl carbamates (subject to hydrolysis) is 1. The SMILES string of the molecule is CCOC(=O)NC(CNC(=NC)N1CCC(c2ccccc2)C1)C1CC1.I. The largest absolute Gasteiger partial charge is 0.450 e. The maximum atomic E-state index is 11.8. The Labute approximate surface area is 179 Å². The second-order valence-electron chi connectivity index (χ2n) is 7.08. The van der Waals surface area contributed by atoms with Crippen molar-refractivity contribution >= 4 is 36.0 Å². The first-order chi connectivity index (χ1) is 12.7. The maximum absolute atomic E-state index is 11.8. The molecule has 1 aromatic carbocycles. The second kappa shape index (κ2) is 10.7. The molecule has 0 aromatic heterocycles. The van der Waals surface area contributed by atoms with Crippen LogP contribution in [0, 0.1) is 5.92 Å². The van der Waals surface area contributed by atoms with Crippen molar-refractivity contribution in [3.63, 3.8) is 0 Å². The Kier molecular flexibility index (Phi) is 8.66. The Morgan fingerprint density at radius 3 is 2.67 bits per heavy atom. The van der Waals surface area contributed by atoms with Crippen molar-refractivity contribution in [1.82, 2.24) is 15.5 Å². The summed E-state index contributed by atoms with van der Waals surface area (Å²) in [5.41, 5.74) is 1.39.